The van der Waals surface area contributed by atoms with Crippen LogP contribution in [0, 0.1) is 12.8 Å². The van der Waals surface area contributed by atoms with Gasteiger partial charge in [0.15, 0.2) is 0 Å². The second kappa shape index (κ2) is 5.93. The molecule has 1 N–H and O–H groups in total. The van der Waals surface area contributed by atoms with Crippen molar-refractivity contribution in [1.29, 1.82) is 0 Å². The molecule has 1 unspecified atom stereocenters. The molecule has 2 aromatic rings. The quantitative estimate of drug-likeness (QED) is 0.942. The van der Waals surface area contributed by atoms with Crippen molar-refractivity contribution in [3.63, 3.8) is 0 Å². The predicted octanol–water partition coefficient (Wildman–Crippen LogP) is 2.01. The van der Waals surface area contributed by atoms with E-state index in [0.29, 0.717) is 18.7 Å². The van der Waals surface area contributed by atoms with Gasteiger partial charge in [-0.3, -0.25) is 9.78 Å². The zero-order valence-corrected chi connectivity index (χ0v) is 12.9. The second-order valence-corrected chi connectivity index (χ2v) is 5.77. The number of benzene rings is 1. The fourth-order valence-corrected chi connectivity index (χ4v) is 2.92. The Kier molecular flexibility index (Phi) is 3.98. The molecule has 5 heteroatoms. The number of ether oxygens (including phenoxy) is 1. The molecule has 1 aliphatic rings. The summed E-state index contributed by atoms with van der Waals surface area (Å²) in [5.74, 6) is 0.949. The van der Waals surface area contributed by atoms with Crippen molar-refractivity contribution in [2.45, 2.75) is 13.3 Å². The van der Waals surface area contributed by atoms with Crippen LogP contribution in [-0.4, -0.2) is 47.7 Å². The van der Waals surface area contributed by atoms with Crippen molar-refractivity contribution >= 4 is 16.8 Å². The van der Waals surface area contributed by atoms with E-state index in [1.165, 1.54) is 0 Å². The van der Waals surface area contributed by atoms with Gasteiger partial charge in [-0.25, -0.2) is 0 Å². The molecule has 1 atom stereocenters. The third-order valence-electron chi connectivity index (χ3n) is 4.28. The van der Waals surface area contributed by atoms with Crippen LogP contribution in [0.15, 0.2) is 24.3 Å². The molecule has 116 valence electrons. The van der Waals surface area contributed by atoms with E-state index in [1.807, 2.05) is 31.2 Å². The van der Waals surface area contributed by atoms with Crippen LogP contribution >= 0.6 is 0 Å². The number of likely N-dealkylation sites (tertiary alicyclic amines) is 1. The van der Waals surface area contributed by atoms with E-state index in [-0.39, 0.29) is 18.4 Å². The third-order valence-corrected chi connectivity index (χ3v) is 4.28. The lowest BCUT2D eigenvalue weighted by atomic mass is 10.1. The van der Waals surface area contributed by atoms with Gasteiger partial charge in [0.1, 0.15) is 5.75 Å². The Morgan fingerprint density at radius 2 is 2.27 bits per heavy atom. The van der Waals surface area contributed by atoms with E-state index in [1.54, 1.807) is 12.0 Å². The molecule has 3 rings (SSSR count). The molecule has 22 heavy (non-hydrogen) atoms. The van der Waals surface area contributed by atoms with Crippen molar-refractivity contribution in [2.24, 2.45) is 5.92 Å². The molecular weight excluding hydrogens is 280 g/mol. The highest BCUT2D eigenvalue weighted by Crippen LogP contribution is 2.24. The molecule has 1 aliphatic heterocycles. The number of aromatic nitrogens is 1. The van der Waals surface area contributed by atoms with Crippen LogP contribution < -0.4 is 4.74 Å². The number of carbonyl (C=O) groups is 1. The van der Waals surface area contributed by atoms with Crippen molar-refractivity contribution in [3.8, 4) is 5.75 Å². The number of methoxy groups -OCH3 is 1. The van der Waals surface area contributed by atoms with Gasteiger partial charge in [-0.05, 0) is 31.5 Å². The highest BCUT2D eigenvalue weighted by Gasteiger charge is 2.27. The van der Waals surface area contributed by atoms with Crippen LogP contribution in [0.5, 0.6) is 5.75 Å². The highest BCUT2D eigenvalue weighted by atomic mass is 16.5. The minimum absolute atomic E-state index is 0.00123. The number of pyridine rings is 1. The number of hydrogen-bond donors (Lipinski definition) is 1. The Balaban J connectivity index is 1.93. The number of carbonyl (C=O) groups excluding carboxylic acids is 1. The maximum atomic E-state index is 12.7. The first-order valence-corrected chi connectivity index (χ1v) is 7.48. The van der Waals surface area contributed by atoms with Crippen LogP contribution in [0.3, 0.4) is 0 Å². The molecule has 0 saturated carbocycles. The monoisotopic (exact) mass is 300 g/mol. The number of aryl methyl sites for hydroxylation is 1. The minimum atomic E-state index is -0.00123. The number of hydrogen-bond acceptors (Lipinski definition) is 4. The zero-order valence-electron chi connectivity index (χ0n) is 12.9. The maximum Gasteiger partial charge on any atom is 0.255 e. The Morgan fingerprint density at radius 1 is 1.45 bits per heavy atom. The Bertz CT molecular complexity index is 714. The Hall–Kier alpha value is -2.14. The van der Waals surface area contributed by atoms with E-state index in [0.717, 1.165) is 28.8 Å². The van der Waals surface area contributed by atoms with Gasteiger partial charge in [-0.2, -0.15) is 0 Å². The molecule has 1 saturated heterocycles. The molecule has 1 fully saturated rings. The van der Waals surface area contributed by atoms with Crippen LogP contribution in [0.4, 0.5) is 0 Å². The summed E-state index contributed by atoms with van der Waals surface area (Å²) in [6, 6.07) is 7.54. The molecular formula is C17H20N2O3. The molecule has 1 aromatic heterocycles. The zero-order chi connectivity index (χ0) is 15.7. The highest BCUT2D eigenvalue weighted by molar-refractivity contribution is 5.99. The Morgan fingerprint density at radius 3 is 2.95 bits per heavy atom. The lowest BCUT2D eigenvalue weighted by molar-refractivity contribution is 0.0781. The average Bonchev–Trinajstić information content (AvgIpc) is 3.02. The number of nitrogens with zero attached hydrogens (tertiary/aromatic N) is 2. The molecule has 1 aromatic carbocycles. The van der Waals surface area contributed by atoms with Crippen LogP contribution in [-0.2, 0) is 0 Å². The summed E-state index contributed by atoms with van der Waals surface area (Å²) in [5.41, 5.74) is 2.18. The van der Waals surface area contributed by atoms with Crippen molar-refractivity contribution in [2.75, 3.05) is 26.8 Å². The van der Waals surface area contributed by atoms with Gasteiger partial charge >= 0.3 is 0 Å². The average molecular weight is 300 g/mol. The van der Waals surface area contributed by atoms with E-state index in [9.17, 15) is 9.90 Å². The fraction of sp³-hybridized carbons (Fsp3) is 0.412. The van der Waals surface area contributed by atoms with Crippen molar-refractivity contribution < 1.29 is 14.6 Å². The smallest absolute Gasteiger partial charge is 0.255 e. The summed E-state index contributed by atoms with van der Waals surface area (Å²) in [6.07, 6.45) is 0.861. The number of rotatable bonds is 3. The van der Waals surface area contributed by atoms with Gasteiger partial charge in [-0.1, -0.05) is 0 Å². The summed E-state index contributed by atoms with van der Waals surface area (Å²) >= 11 is 0. The van der Waals surface area contributed by atoms with E-state index >= 15 is 0 Å². The molecule has 0 bridgehead atoms. The largest absolute Gasteiger partial charge is 0.497 e. The molecule has 0 aliphatic carbocycles. The lowest BCUT2D eigenvalue weighted by Gasteiger charge is -2.17. The number of aliphatic hydroxyl groups excluding tert-OH is 1. The first kappa shape index (κ1) is 14.8. The van der Waals surface area contributed by atoms with Gasteiger partial charge in [0, 0.05) is 37.1 Å². The molecule has 0 spiro atoms. The summed E-state index contributed by atoms with van der Waals surface area (Å²) in [5, 5.41) is 10.1. The van der Waals surface area contributed by atoms with Crippen molar-refractivity contribution in [3.05, 3.63) is 35.5 Å². The third kappa shape index (κ3) is 2.64. The van der Waals surface area contributed by atoms with Crippen molar-refractivity contribution in [1.82, 2.24) is 9.88 Å². The molecule has 0 radical (unpaired) electrons. The summed E-state index contributed by atoms with van der Waals surface area (Å²) in [6.45, 7) is 3.31. The van der Waals surface area contributed by atoms with Gasteiger partial charge in [0.05, 0.1) is 23.9 Å². The topological polar surface area (TPSA) is 62.7 Å². The second-order valence-electron chi connectivity index (χ2n) is 5.77. The van der Waals surface area contributed by atoms with Gasteiger partial charge in [0.2, 0.25) is 0 Å². The predicted molar refractivity (Wildman–Crippen MR) is 84.1 cm³/mol. The van der Waals surface area contributed by atoms with E-state index < -0.39 is 0 Å². The first-order chi connectivity index (χ1) is 10.6. The summed E-state index contributed by atoms with van der Waals surface area (Å²) in [7, 11) is 1.62. The van der Waals surface area contributed by atoms with Gasteiger partial charge in [0.25, 0.3) is 5.91 Å². The van der Waals surface area contributed by atoms with E-state index in [4.69, 9.17) is 4.74 Å². The lowest BCUT2D eigenvalue weighted by Crippen LogP contribution is -2.29. The van der Waals surface area contributed by atoms with Crippen LogP contribution in [0.25, 0.3) is 10.9 Å². The minimum Gasteiger partial charge on any atom is -0.497 e. The first-order valence-electron chi connectivity index (χ1n) is 7.48. The van der Waals surface area contributed by atoms with Crippen LogP contribution in [0.1, 0.15) is 22.5 Å². The van der Waals surface area contributed by atoms with Gasteiger partial charge < -0.3 is 14.7 Å². The standard InChI is InChI=1S/C17H20N2O3/c1-11-15(17(21)19-6-5-12(9-19)10-20)7-13-3-4-14(22-2)8-16(13)18-11/h3-4,7-8,12,20H,5-6,9-10H2,1-2H3. The van der Waals surface area contributed by atoms with Gasteiger partial charge in [-0.15, -0.1) is 0 Å². The SMILES string of the molecule is COc1ccc2cc(C(=O)N3CCC(CO)C3)c(C)nc2c1. The number of aliphatic hydroxyl groups is 1. The molecule has 1 amide bonds. The van der Waals surface area contributed by atoms with E-state index in [2.05, 4.69) is 4.98 Å². The fourth-order valence-electron chi connectivity index (χ4n) is 2.92. The normalized spacial score (nSPS) is 18.0. The number of amides is 1. The maximum absolute atomic E-state index is 12.7. The summed E-state index contributed by atoms with van der Waals surface area (Å²) in [4.78, 5) is 19.0. The summed E-state index contributed by atoms with van der Waals surface area (Å²) < 4.78 is 5.21. The van der Waals surface area contributed by atoms with Crippen LogP contribution in [0.2, 0.25) is 0 Å². The molecule has 2 heterocycles. The molecule has 5 nitrogen and oxygen atoms in total. The number of fused-ring (bicyclic) bond motifs is 1. The Labute approximate surface area is 129 Å².